The van der Waals surface area contributed by atoms with Crippen LogP contribution in [0.1, 0.15) is 23.1 Å². The van der Waals surface area contributed by atoms with E-state index in [1.54, 1.807) is 11.9 Å². The third-order valence-corrected chi connectivity index (χ3v) is 7.09. The summed E-state index contributed by atoms with van der Waals surface area (Å²) >= 11 is 0. The maximum absolute atomic E-state index is 13.6. The van der Waals surface area contributed by atoms with Crippen LogP contribution in [-0.4, -0.2) is 76.7 Å². The molecular formula is C25H31N5O2. The summed E-state index contributed by atoms with van der Waals surface area (Å²) in [7, 11) is 1.80. The molecule has 3 aliphatic heterocycles. The van der Waals surface area contributed by atoms with Crippen LogP contribution in [-0.2, 0) is 17.8 Å². The molecule has 3 atom stereocenters. The Morgan fingerprint density at radius 3 is 2.53 bits per heavy atom. The van der Waals surface area contributed by atoms with Gasteiger partial charge < -0.3 is 4.90 Å². The molecule has 168 valence electrons. The van der Waals surface area contributed by atoms with E-state index in [1.165, 1.54) is 10.5 Å². The Labute approximate surface area is 189 Å². The number of fused-ring (bicyclic) bond motifs is 3. The summed E-state index contributed by atoms with van der Waals surface area (Å²) < 4.78 is 0. The van der Waals surface area contributed by atoms with Crippen LogP contribution in [0.15, 0.2) is 54.6 Å². The number of likely N-dealkylation sites (N-methyl/N-ethyl adjacent to an activating group) is 1. The van der Waals surface area contributed by atoms with Crippen molar-refractivity contribution in [2.45, 2.75) is 44.8 Å². The van der Waals surface area contributed by atoms with Crippen LogP contribution < -0.4 is 5.32 Å². The lowest BCUT2D eigenvalue weighted by molar-refractivity contribution is -0.140. The highest BCUT2D eigenvalue weighted by atomic mass is 16.2. The predicted molar refractivity (Wildman–Crippen MR) is 122 cm³/mol. The molecule has 0 aromatic heterocycles. The zero-order chi connectivity index (χ0) is 22.2. The van der Waals surface area contributed by atoms with Crippen molar-refractivity contribution in [3.8, 4) is 0 Å². The molecule has 3 amide bonds. The molecule has 0 spiro atoms. The van der Waals surface area contributed by atoms with Gasteiger partial charge in [-0.3, -0.25) is 24.8 Å². The molecule has 3 heterocycles. The minimum Gasteiger partial charge on any atom is -0.310 e. The summed E-state index contributed by atoms with van der Waals surface area (Å²) in [5.41, 5.74) is 3.41. The quantitative estimate of drug-likeness (QED) is 0.784. The van der Waals surface area contributed by atoms with Crippen molar-refractivity contribution in [1.82, 2.24) is 24.9 Å². The number of rotatable bonds is 5. The van der Waals surface area contributed by atoms with Crippen LogP contribution in [0.4, 0.5) is 4.79 Å². The second kappa shape index (κ2) is 8.65. The number of nitrogens with one attached hydrogen (secondary N) is 1. The number of hydrogen-bond acceptors (Lipinski definition) is 5. The van der Waals surface area contributed by atoms with Gasteiger partial charge >= 0.3 is 6.03 Å². The van der Waals surface area contributed by atoms with Gasteiger partial charge in [-0.15, -0.1) is 0 Å². The molecule has 7 heteroatoms. The molecule has 0 saturated carbocycles. The number of nitrogens with zero attached hydrogens (tertiary/aromatic N) is 4. The summed E-state index contributed by atoms with van der Waals surface area (Å²) in [6, 6.07) is 17.8. The van der Waals surface area contributed by atoms with Crippen molar-refractivity contribution in [3.05, 3.63) is 71.3 Å². The minimum atomic E-state index is -0.355. The van der Waals surface area contributed by atoms with E-state index in [9.17, 15) is 9.59 Å². The van der Waals surface area contributed by atoms with Gasteiger partial charge in [0, 0.05) is 26.7 Å². The molecule has 0 radical (unpaired) electrons. The fourth-order valence-electron chi connectivity index (χ4n) is 5.25. The molecule has 3 unspecified atom stereocenters. The number of carbonyl (C=O) groups excluding carboxylic acids is 2. The van der Waals surface area contributed by atoms with Crippen LogP contribution >= 0.6 is 0 Å². The predicted octanol–water partition coefficient (Wildman–Crippen LogP) is 2.22. The molecule has 2 aromatic rings. The van der Waals surface area contributed by atoms with Gasteiger partial charge in [0.05, 0.1) is 6.54 Å². The van der Waals surface area contributed by atoms with Crippen LogP contribution in [0.25, 0.3) is 0 Å². The second-order valence-corrected chi connectivity index (χ2v) is 9.04. The first kappa shape index (κ1) is 21.1. The standard InChI is InChI=1S/C25H31N5O2/c1-18-9-6-7-12-20(18)17-30-23(31)21-22(27(2)25(30)32)26-24-28(14-8-15-29(21)24)16-13-19-10-4-3-5-11-19/h3-7,9-12,21-22,24,26H,8,13-17H2,1-2H3. The first-order chi connectivity index (χ1) is 15.5. The highest BCUT2D eigenvalue weighted by Gasteiger charge is 2.55. The number of aryl methyl sites for hydroxylation is 1. The van der Waals surface area contributed by atoms with E-state index in [-0.39, 0.29) is 30.4 Å². The first-order valence-corrected chi connectivity index (χ1v) is 11.5. The molecule has 3 aliphatic rings. The van der Waals surface area contributed by atoms with E-state index in [0.29, 0.717) is 6.54 Å². The normalized spacial score (nSPS) is 26.4. The van der Waals surface area contributed by atoms with Crippen molar-refractivity contribution in [2.75, 3.05) is 26.7 Å². The number of carbonyl (C=O) groups is 2. The van der Waals surface area contributed by atoms with Crippen LogP contribution in [0.5, 0.6) is 0 Å². The molecule has 2 aromatic carbocycles. The Kier molecular flexibility index (Phi) is 5.71. The summed E-state index contributed by atoms with van der Waals surface area (Å²) in [6.45, 7) is 5.08. The molecule has 0 aliphatic carbocycles. The van der Waals surface area contributed by atoms with Gasteiger partial charge in [0.15, 0.2) is 0 Å². The van der Waals surface area contributed by atoms with Gasteiger partial charge in [0.1, 0.15) is 18.5 Å². The number of imide groups is 1. The highest BCUT2D eigenvalue weighted by Crippen LogP contribution is 2.31. The topological polar surface area (TPSA) is 59.1 Å². The van der Waals surface area contributed by atoms with E-state index in [1.807, 2.05) is 37.3 Å². The third kappa shape index (κ3) is 3.70. The smallest absolute Gasteiger partial charge is 0.310 e. The molecule has 1 N–H and O–H groups in total. The Hall–Kier alpha value is -2.74. The molecule has 3 saturated heterocycles. The summed E-state index contributed by atoms with van der Waals surface area (Å²) in [6.07, 6.45) is 1.65. The number of urea groups is 1. The molecular weight excluding hydrogens is 402 g/mol. The summed E-state index contributed by atoms with van der Waals surface area (Å²) in [4.78, 5) is 34.6. The largest absolute Gasteiger partial charge is 0.328 e. The van der Waals surface area contributed by atoms with Crippen molar-refractivity contribution in [2.24, 2.45) is 0 Å². The van der Waals surface area contributed by atoms with Crippen molar-refractivity contribution in [1.29, 1.82) is 0 Å². The maximum atomic E-state index is 13.6. The van der Waals surface area contributed by atoms with E-state index in [0.717, 1.165) is 43.6 Å². The van der Waals surface area contributed by atoms with Gasteiger partial charge in [0.2, 0.25) is 0 Å². The van der Waals surface area contributed by atoms with Crippen LogP contribution in [0, 0.1) is 6.92 Å². The third-order valence-electron chi connectivity index (χ3n) is 7.09. The SMILES string of the molecule is Cc1ccccc1CN1C(=O)C2C(NC3N(CCc4ccccc4)CCCN23)N(C)C1=O. The van der Waals surface area contributed by atoms with Crippen LogP contribution in [0.3, 0.4) is 0 Å². The van der Waals surface area contributed by atoms with Crippen LogP contribution in [0.2, 0.25) is 0 Å². The highest BCUT2D eigenvalue weighted by molar-refractivity contribution is 6.00. The zero-order valence-corrected chi connectivity index (χ0v) is 18.8. The summed E-state index contributed by atoms with van der Waals surface area (Å²) in [5.74, 6) is -0.0961. The zero-order valence-electron chi connectivity index (χ0n) is 18.8. The Balaban J connectivity index is 1.35. The second-order valence-electron chi connectivity index (χ2n) is 9.04. The molecule has 32 heavy (non-hydrogen) atoms. The van der Waals surface area contributed by atoms with Gasteiger partial charge in [-0.1, -0.05) is 54.6 Å². The number of amides is 3. The average molecular weight is 434 g/mol. The first-order valence-electron chi connectivity index (χ1n) is 11.5. The van der Waals surface area contributed by atoms with E-state index in [4.69, 9.17) is 0 Å². The lowest BCUT2D eigenvalue weighted by atomic mass is 10.1. The Morgan fingerprint density at radius 2 is 1.75 bits per heavy atom. The molecule has 3 fully saturated rings. The van der Waals surface area contributed by atoms with Crippen molar-refractivity contribution in [3.63, 3.8) is 0 Å². The minimum absolute atomic E-state index is 0.0277. The fraction of sp³-hybridized carbons (Fsp3) is 0.440. The molecule has 5 rings (SSSR count). The van der Waals surface area contributed by atoms with Gasteiger partial charge in [-0.2, -0.15) is 0 Å². The van der Waals surface area contributed by atoms with E-state index >= 15 is 0 Å². The Bertz CT molecular complexity index is 997. The molecule has 7 nitrogen and oxygen atoms in total. The number of benzene rings is 2. The van der Waals surface area contributed by atoms with Gasteiger partial charge in [0.25, 0.3) is 5.91 Å². The molecule has 0 bridgehead atoms. The van der Waals surface area contributed by atoms with Crippen molar-refractivity contribution < 1.29 is 9.59 Å². The van der Waals surface area contributed by atoms with E-state index < -0.39 is 0 Å². The van der Waals surface area contributed by atoms with Gasteiger partial charge in [-0.25, -0.2) is 4.79 Å². The Morgan fingerprint density at radius 1 is 1.00 bits per heavy atom. The van der Waals surface area contributed by atoms with Crippen molar-refractivity contribution >= 4 is 11.9 Å². The lowest BCUT2D eigenvalue weighted by Crippen LogP contribution is -2.66. The monoisotopic (exact) mass is 433 g/mol. The lowest BCUT2D eigenvalue weighted by Gasteiger charge is -2.43. The fourth-order valence-corrected chi connectivity index (χ4v) is 5.25. The maximum Gasteiger partial charge on any atom is 0.328 e. The summed E-state index contributed by atoms with van der Waals surface area (Å²) in [5, 5.41) is 3.60. The average Bonchev–Trinajstić information content (AvgIpc) is 3.21. The van der Waals surface area contributed by atoms with E-state index in [2.05, 4.69) is 39.4 Å². The number of hydrogen-bond donors (Lipinski definition) is 1. The van der Waals surface area contributed by atoms with Gasteiger partial charge in [-0.05, 0) is 36.5 Å².